The fraction of sp³-hybridized carbons (Fsp3) is 0.591. The number of imide groups is 1. The third kappa shape index (κ3) is 3.46. The smallest absolute Gasteiger partial charge is 0.255 e. The number of benzene rings is 1. The molecule has 1 aromatic rings. The number of nitrogens with one attached hydrogen (secondary N) is 2. The van der Waals surface area contributed by atoms with Gasteiger partial charge in [-0.2, -0.15) is 0 Å². The van der Waals surface area contributed by atoms with Gasteiger partial charge >= 0.3 is 0 Å². The first-order valence-electron chi connectivity index (χ1n) is 10.8. The van der Waals surface area contributed by atoms with Crippen molar-refractivity contribution in [1.82, 2.24) is 20.4 Å². The summed E-state index contributed by atoms with van der Waals surface area (Å²) < 4.78 is 0. The highest BCUT2D eigenvalue weighted by Crippen LogP contribution is 2.32. The standard InChI is InChI=1S/C22H28N4O3/c27-20-7-6-19(21(28)24-20)26-13-17-14(3-1-5-16(17)22(26)29)11-25-10-8-18-15(12-25)4-2-9-23-18/h1,3,5,15,18-19,23H,2,4,6-13H2,(H,24,27,28). The van der Waals surface area contributed by atoms with Crippen molar-refractivity contribution in [2.45, 2.75) is 57.3 Å². The molecule has 4 aliphatic heterocycles. The number of fused-ring (bicyclic) bond motifs is 2. The van der Waals surface area contributed by atoms with Crippen molar-refractivity contribution >= 4 is 17.7 Å². The first-order chi connectivity index (χ1) is 14.1. The molecule has 3 amide bonds. The fourth-order valence-electron chi connectivity index (χ4n) is 5.50. The van der Waals surface area contributed by atoms with Crippen LogP contribution in [0.15, 0.2) is 18.2 Å². The Hall–Kier alpha value is -2.25. The van der Waals surface area contributed by atoms with Crippen molar-refractivity contribution in [3.63, 3.8) is 0 Å². The van der Waals surface area contributed by atoms with Crippen LogP contribution in [0, 0.1) is 5.92 Å². The van der Waals surface area contributed by atoms with E-state index in [1.165, 1.54) is 24.8 Å². The van der Waals surface area contributed by atoms with Crippen LogP contribution in [0.25, 0.3) is 0 Å². The van der Waals surface area contributed by atoms with E-state index in [9.17, 15) is 14.4 Å². The fourth-order valence-corrected chi connectivity index (χ4v) is 5.50. The average molecular weight is 396 g/mol. The molecule has 0 saturated carbocycles. The van der Waals surface area contributed by atoms with Crippen molar-refractivity contribution in [3.05, 3.63) is 34.9 Å². The van der Waals surface area contributed by atoms with Gasteiger partial charge in [0, 0.05) is 37.7 Å². The van der Waals surface area contributed by atoms with Gasteiger partial charge in [0.05, 0.1) is 0 Å². The van der Waals surface area contributed by atoms with E-state index >= 15 is 0 Å². The lowest BCUT2D eigenvalue weighted by Gasteiger charge is -2.42. The maximum absolute atomic E-state index is 13.0. The molecule has 5 rings (SSSR count). The Balaban J connectivity index is 1.32. The maximum Gasteiger partial charge on any atom is 0.255 e. The Morgan fingerprint density at radius 3 is 2.86 bits per heavy atom. The second-order valence-corrected chi connectivity index (χ2v) is 8.83. The number of nitrogens with zero attached hydrogens (tertiary/aromatic N) is 2. The van der Waals surface area contributed by atoms with Crippen LogP contribution in [0.3, 0.4) is 0 Å². The van der Waals surface area contributed by atoms with Gasteiger partial charge in [0.25, 0.3) is 5.91 Å². The highest BCUT2D eigenvalue weighted by Gasteiger charge is 2.40. The van der Waals surface area contributed by atoms with Gasteiger partial charge in [0.15, 0.2) is 0 Å². The zero-order valence-corrected chi connectivity index (χ0v) is 16.7. The second kappa shape index (κ2) is 7.54. The molecule has 0 spiro atoms. The van der Waals surface area contributed by atoms with Crippen LogP contribution in [0.1, 0.15) is 53.6 Å². The molecule has 3 saturated heterocycles. The second-order valence-electron chi connectivity index (χ2n) is 8.83. The van der Waals surface area contributed by atoms with Crippen molar-refractivity contribution in [2.75, 3.05) is 19.6 Å². The lowest BCUT2D eigenvalue weighted by Crippen LogP contribution is -2.52. The van der Waals surface area contributed by atoms with Gasteiger partial charge in [-0.05, 0) is 61.9 Å². The number of hydrogen-bond donors (Lipinski definition) is 2. The van der Waals surface area contributed by atoms with Gasteiger partial charge in [-0.25, -0.2) is 0 Å². The molecule has 4 heterocycles. The van der Waals surface area contributed by atoms with E-state index in [1.807, 2.05) is 12.1 Å². The van der Waals surface area contributed by atoms with Crippen LogP contribution in [0.2, 0.25) is 0 Å². The van der Waals surface area contributed by atoms with Gasteiger partial charge in [-0.3, -0.25) is 24.6 Å². The lowest BCUT2D eigenvalue weighted by atomic mass is 9.85. The molecule has 3 atom stereocenters. The molecular formula is C22H28N4O3. The summed E-state index contributed by atoms with van der Waals surface area (Å²) in [5.74, 6) is 0.0231. The minimum atomic E-state index is -0.551. The monoisotopic (exact) mass is 396 g/mol. The third-order valence-electron chi connectivity index (χ3n) is 7.05. The molecule has 4 aliphatic rings. The summed E-state index contributed by atoms with van der Waals surface area (Å²) >= 11 is 0. The molecule has 0 bridgehead atoms. The molecule has 29 heavy (non-hydrogen) atoms. The van der Waals surface area contributed by atoms with Crippen LogP contribution < -0.4 is 10.6 Å². The molecule has 1 aromatic carbocycles. The Labute approximate surface area is 170 Å². The van der Waals surface area contributed by atoms with E-state index in [-0.39, 0.29) is 24.1 Å². The molecule has 3 fully saturated rings. The molecule has 2 N–H and O–H groups in total. The Bertz CT molecular complexity index is 854. The van der Waals surface area contributed by atoms with Crippen LogP contribution in [0.4, 0.5) is 0 Å². The first kappa shape index (κ1) is 18.8. The topological polar surface area (TPSA) is 81.8 Å². The van der Waals surface area contributed by atoms with Gasteiger partial charge in [-0.1, -0.05) is 12.1 Å². The maximum atomic E-state index is 13.0. The van der Waals surface area contributed by atoms with Gasteiger partial charge in [0.1, 0.15) is 6.04 Å². The summed E-state index contributed by atoms with van der Waals surface area (Å²) in [7, 11) is 0. The number of likely N-dealkylation sites (tertiary alicyclic amines) is 1. The first-order valence-corrected chi connectivity index (χ1v) is 10.8. The van der Waals surface area contributed by atoms with Gasteiger partial charge in [-0.15, -0.1) is 0 Å². The van der Waals surface area contributed by atoms with Crippen LogP contribution in [0.5, 0.6) is 0 Å². The lowest BCUT2D eigenvalue weighted by molar-refractivity contribution is -0.136. The molecule has 3 unspecified atom stereocenters. The third-order valence-corrected chi connectivity index (χ3v) is 7.05. The van der Waals surface area contributed by atoms with Gasteiger partial charge < -0.3 is 10.2 Å². The normalized spacial score (nSPS) is 30.1. The largest absolute Gasteiger partial charge is 0.322 e. The van der Waals surface area contributed by atoms with Crippen molar-refractivity contribution in [1.29, 1.82) is 0 Å². The Morgan fingerprint density at radius 1 is 1.10 bits per heavy atom. The Kier molecular flexibility index (Phi) is 4.87. The predicted octanol–water partition coefficient (Wildman–Crippen LogP) is 1.02. The number of rotatable bonds is 3. The minimum Gasteiger partial charge on any atom is -0.322 e. The predicted molar refractivity (Wildman–Crippen MR) is 107 cm³/mol. The SMILES string of the molecule is O=C1CCC(N2Cc3c(CN4CCC5NCCCC5C4)cccc3C2=O)C(=O)N1. The summed E-state index contributed by atoms with van der Waals surface area (Å²) in [4.78, 5) is 40.9. The van der Waals surface area contributed by atoms with E-state index in [2.05, 4.69) is 21.6 Å². The summed E-state index contributed by atoms with van der Waals surface area (Å²) in [5.41, 5.74) is 2.94. The Morgan fingerprint density at radius 2 is 2.00 bits per heavy atom. The average Bonchev–Trinajstić information content (AvgIpc) is 3.06. The zero-order chi connectivity index (χ0) is 20.0. The number of piperidine rings is 3. The van der Waals surface area contributed by atoms with Crippen LogP contribution in [-0.2, 0) is 22.7 Å². The van der Waals surface area contributed by atoms with Gasteiger partial charge in [0.2, 0.25) is 11.8 Å². The minimum absolute atomic E-state index is 0.0912. The van der Waals surface area contributed by atoms with E-state index < -0.39 is 6.04 Å². The summed E-state index contributed by atoms with van der Waals surface area (Å²) in [6.07, 6.45) is 4.42. The molecular weight excluding hydrogens is 368 g/mol. The quantitative estimate of drug-likeness (QED) is 0.746. The molecule has 0 aliphatic carbocycles. The summed E-state index contributed by atoms with van der Waals surface area (Å²) in [6.45, 7) is 4.63. The highest BCUT2D eigenvalue weighted by atomic mass is 16.2. The highest BCUT2D eigenvalue weighted by molar-refractivity contribution is 6.05. The van der Waals surface area contributed by atoms with Crippen molar-refractivity contribution < 1.29 is 14.4 Å². The van der Waals surface area contributed by atoms with Crippen LogP contribution >= 0.6 is 0 Å². The number of carbonyl (C=O) groups is 3. The van der Waals surface area contributed by atoms with Crippen LogP contribution in [-0.4, -0.2) is 59.2 Å². The molecule has 7 nitrogen and oxygen atoms in total. The van der Waals surface area contributed by atoms with Crippen molar-refractivity contribution in [3.8, 4) is 0 Å². The van der Waals surface area contributed by atoms with E-state index in [0.717, 1.165) is 37.7 Å². The molecule has 7 heteroatoms. The van der Waals surface area contributed by atoms with Crippen molar-refractivity contribution in [2.24, 2.45) is 5.92 Å². The zero-order valence-electron chi connectivity index (χ0n) is 16.7. The number of amides is 3. The van der Waals surface area contributed by atoms with E-state index in [0.29, 0.717) is 24.6 Å². The number of carbonyl (C=O) groups excluding carboxylic acids is 3. The number of hydrogen-bond acceptors (Lipinski definition) is 5. The molecule has 0 radical (unpaired) electrons. The summed E-state index contributed by atoms with van der Waals surface area (Å²) in [5, 5.41) is 6.04. The molecule has 0 aromatic heterocycles. The van der Waals surface area contributed by atoms with E-state index in [4.69, 9.17) is 0 Å². The van der Waals surface area contributed by atoms with E-state index in [1.54, 1.807) is 4.90 Å². The molecule has 154 valence electrons. The summed E-state index contributed by atoms with van der Waals surface area (Å²) in [6, 6.07) is 6.04.